The zero-order valence-corrected chi connectivity index (χ0v) is 13.9. The molecule has 0 fully saturated rings. The van der Waals surface area contributed by atoms with Crippen molar-refractivity contribution in [1.29, 1.82) is 0 Å². The van der Waals surface area contributed by atoms with Gasteiger partial charge in [-0.15, -0.1) is 0 Å². The van der Waals surface area contributed by atoms with Crippen LogP contribution in [0.4, 0.5) is 0 Å². The number of hydrogen-bond donors (Lipinski definition) is 1. The maximum absolute atomic E-state index is 5.85. The standard InChI is InChI=1S/C18H28N2O/c1-14(2)19-13-16-8-6-7-15-9-10-20(17(15)16)11-12-21-18(3,4)5/h6-10,14,19H,11-13H2,1-5H3. The van der Waals surface area contributed by atoms with E-state index in [1.807, 2.05) is 0 Å². The molecule has 0 saturated carbocycles. The molecule has 2 aromatic rings. The van der Waals surface area contributed by atoms with Crippen LogP contribution < -0.4 is 5.32 Å². The minimum absolute atomic E-state index is 0.0784. The Hall–Kier alpha value is -1.32. The summed E-state index contributed by atoms with van der Waals surface area (Å²) in [5.74, 6) is 0. The van der Waals surface area contributed by atoms with Gasteiger partial charge in [-0.1, -0.05) is 32.0 Å². The van der Waals surface area contributed by atoms with E-state index in [9.17, 15) is 0 Å². The first-order chi connectivity index (χ1) is 9.87. The van der Waals surface area contributed by atoms with Crippen molar-refractivity contribution >= 4 is 10.9 Å². The fraction of sp³-hybridized carbons (Fsp3) is 0.556. The number of para-hydroxylation sites is 1. The molecule has 0 radical (unpaired) electrons. The second-order valence-corrected chi connectivity index (χ2v) is 6.86. The van der Waals surface area contributed by atoms with E-state index in [1.54, 1.807) is 0 Å². The van der Waals surface area contributed by atoms with Crippen molar-refractivity contribution in [2.24, 2.45) is 0 Å². The molecule has 0 amide bonds. The second kappa shape index (κ2) is 6.63. The molecule has 2 rings (SSSR count). The summed E-state index contributed by atoms with van der Waals surface area (Å²) in [4.78, 5) is 0. The molecule has 3 nitrogen and oxygen atoms in total. The molecule has 0 bridgehead atoms. The summed E-state index contributed by atoms with van der Waals surface area (Å²) < 4.78 is 8.16. The molecule has 21 heavy (non-hydrogen) atoms. The van der Waals surface area contributed by atoms with Gasteiger partial charge in [0.15, 0.2) is 0 Å². The molecular formula is C18H28N2O. The van der Waals surface area contributed by atoms with Crippen LogP contribution in [-0.4, -0.2) is 22.8 Å². The lowest BCUT2D eigenvalue weighted by atomic mass is 10.1. The van der Waals surface area contributed by atoms with Crippen LogP contribution in [-0.2, 0) is 17.8 Å². The molecule has 1 aromatic heterocycles. The van der Waals surface area contributed by atoms with Gasteiger partial charge in [0.1, 0.15) is 0 Å². The fourth-order valence-corrected chi connectivity index (χ4v) is 2.43. The summed E-state index contributed by atoms with van der Waals surface area (Å²) in [5, 5.41) is 4.81. The average Bonchev–Trinajstić information content (AvgIpc) is 2.79. The highest BCUT2D eigenvalue weighted by Gasteiger charge is 2.11. The van der Waals surface area contributed by atoms with Gasteiger partial charge in [0.05, 0.1) is 17.7 Å². The third kappa shape index (κ3) is 4.58. The molecule has 0 atom stereocenters. The maximum atomic E-state index is 5.85. The number of hydrogen-bond acceptors (Lipinski definition) is 2. The first-order valence-electron chi connectivity index (χ1n) is 7.81. The van der Waals surface area contributed by atoms with Crippen LogP contribution in [0.1, 0.15) is 40.2 Å². The summed E-state index contributed by atoms with van der Waals surface area (Å²) in [5.41, 5.74) is 2.59. The van der Waals surface area contributed by atoms with Gasteiger partial charge in [-0.3, -0.25) is 0 Å². The lowest BCUT2D eigenvalue weighted by Crippen LogP contribution is -2.23. The van der Waals surface area contributed by atoms with Gasteiger partial charge >= 0.3 is 0 Å². The van der Waals surface area contributed by atoms with Gasteiger partial charge in [-0.2, -0.15) is 0 Å². The number of nitrogens with one attached hydrogen (secondary N) is 1. The minimum atomic E-state index is -0.0784. The zero-order chi connectivity index (χ0) is 15.5. The number of fused-ring (bicyclic) bond motifs is 1. The van der Waals surface area contributed by atoms with Crippen molar-refractivity contribution in [2.75, 3.05) is 6.61 Å². The minimum Gasteiger partial charge on any atom is -0.374 e. The van der Waals surface area contributed by atoms with Crippen molar-refractivity contribution in [2.45, 2.75) is 59.4 Å². The largest absolute Gasteiger partial charge is 0.374 e. The summed E-state index contributed by atoms with van der Waals surface area (Å²) in [6, 6.07) is 9.20. The van der Waals surface area contributed by atoms with Gasteiger partial charge < -0.3 is 14.6 Å². The number of benzene rings is 1. The van der Waals surface area contributed by atoms with E-state index in [0.717, 1.165) is 19.7 Å². The van der Waals surface area contributed by atoms with Gasteiger partial charge in [0.25, 0.3) is 0 Å². The van der Waals surface area contributed by atoms with Gasteiger partial charge in [-0.05, 0) is 37.8 Å². The molecule has 1 heterocycles. The molecule has 3 heteroatoms. The Kier molecular flexibility index (Phi) is 5.07. The van der Waals surface area contributed by atoms with E-state index < -0.39 is 0 Å². The Labute approximate surface area is 128 Å². The molecular weight excluding hydrogens is 260 g/mol. The Morgan fingerprint density at radius 3 is 2.62 bits per heavy atom. The van der Waals surface area contributed by atoms with Crippen LogP contribution in [0.15, 0.2) is 30.5 Å². The molecule has 0 aliphatic heterocycles. The molecule has 0 aliphatic rings. The van der Waals surface area contributed by atoms with Gasteiger partial charge in [0.2, 0.25) is 0 Å². The van der Waals surface area contributed by atoms with Crippen LogP contribution in [0.3, 0.4) is 0 Å². The predicted octanol–water partition coefficient (Wildman–Crippen LogP) is 3.95. The quantitative estimate of drug-likeness (QED) is 0.871. The highest BCUT2D eigenvalue weighted by Crippen LogP contribution is 2.21. The second-order valence-electron chi connectivity index (χ2n) is 6.86. The van der Waals surface area contributed by atoms with Crippen LogP contribution in [0.2, 0.25) is 0 Å². The summed E-state index contributed by atoms with van der Waals surface area (Å²) >= 11 is 0. The van der Waals surface area contributed by atoms with Gasteiger partial charge in [-0.25, -0.2) is 0 Å². The molecule has 0 aliphatic carbocycles. The molecule has 116 valence electrons. The number of rotatable bonds is 6. The summed E-state index contributed by atoms with van der Waals surface area (Å²) in [6.07, 6.45) is 2.16. The summed E-state index contributed by atoms with van der Waals surface area (Å²) in [6.45, 7) is 13.2. The zero-order valence-electron chi connectivity index (χ0n) is 13.9. The third-order valence-corrected chi connectivity index (χ3v) is 3.44. The Bertz CT molecular complexity index is 578. The fourth-order valence-electron chi connectivity index (χ4n) is 2.43. The van der Waals surface area contributed by atoms with Crippen LogP contribution in [0.25, 0.3) is 10.9 Å². The highest BCUT2D eigenvalue weighted by atomic mass is 16.5. The Morgan fingerprint density at radius 1 is 1.19 bits per heavy atom. The predicted molar refractivity (Wildman–Crippen MR) is 89.6 cm³/mol. The average molecular weight is 288 g/mol. The van der Waals surface area contributed by atoms with E-state index in [-0.39, 0.29) is 5.60 Å². The first kappa shape index (κ1) is 16.1. The van der Waals surface area contributed by atoms with Crippen LogP contribution in [0.5, 0.6) is 0 Å². The normalized spacial score (nSPS) is 12.5. The van der Waals surface area contributed by atoms with Crippen molar-refractivity contribution in [3.63, 3.8) is 0 Å². The van der Waals surface area contributed by atoms with Crippen LogP contribution >= 0.6 is 0 Å². The van der Waals surface area contributed by atoms with E-state index in [0.29, 0.717) is 6.04 Å². The Morgan fingerprint density at radius 2 is 1.95 bits per heavy atom. The number of ether oxygens (including phenoxy) is 1. The van der Waals surface area contributed by atoms with E-state index in [4.69, 9.17) is 4.74 Å². The van der Waals surface area contributed by atoms with E-state index in [2.05, 4.69) is 75.0 Å². The highest BCUT2D eigenvalue weighted by molar-refractivity contribution is 5.83. The van der Waals surface area contributed by atoms with Gasteiger partial charge in [0, 0.05) is 25.3 Å². The summed E-state index contributed by atoms with van der Waals surface area (Å²) in [7, 11) is 0. The maximum Gasteiger partial charge on any atom is 0.0652 e. The van der Waals surface area contributed by atoms with Crippen molar-refractivity contribution in [3.05, 3.63) is 36.0 Å². The van der Waals surface area contributed by atoms with Crippen molar-refractivity contribution in [1.82, 2.24) is 9.88 Å². The number of nitrogens with zero attached hydrogens (tertiary/aromatic N) is 1. The molecule has 0 saturated heterocycles. The SMILES string of the molecule is CC(C)NCc1cccc2ccn(CCOC(C)(C)C)c12. The lowest BCUT2D eigenvalue weighted by Gasteiger charge is -2.20. The monoisotopic (exact) mass is 288 g/mol. The molecule has 0 unspecified atom stereocenters. The first-order valence-corrected chi connectivity index (χ1v) is 7.81. The molecule has 0 spiro atoms. The van der Waals surface area contributed by atoms with Crippen molar-refractivity contribution < 1.29 is 4.74 Å². The smallest absolute Gasteiger partial charge is 0.0652 e. The molecule has 1 N–H and O–H groups in total. The topological polar surface area (TPSA) is 26.2 Å². The lowest BCUT2D eigenvalue weighted by molar-refractivity contribution is -0.00645. The van der Waals surface area contributed by atoms with Crippen LogP contribution in [0, 0.1) is 0 Å². The molecule has 1 aromatic carbocycles. The van der Waals surface area contributed by atoms with E-state index >= 15 is 0 Å². The van der Waals surface area contributed by atoms with E-state index in [1.165, 1.54) is 16.5 Å². The third-order valence-electron chi connectivity index (χ3n) is 3.44. The Balaban J connectivity index is 2.16. The number of aromatic nitrogens is 1. The van der Waals surface area contributed by atoms with Crippen molar-refractivity contribution in [3.8, 4) is 0 Å².